The maximum absolute atomic E-state index is 9.99. The highest BCUT2D eigenvalue weighted by Crippen LogP contribution is 2.43. The molecule has 0 aromatic heterocycles. The van der Waals surface area contributed by atoms with Crippen LogP contribution in [0.3, 0.4) is 0 Å². The van der Waals surface area contributed by atoms with Gasteiger partial charge >= 0.3 is 0 Å². The van der Waals surface area contributed by atoms with E-state index in [1.807, 2.05) is 24.3 Å². The highest BCUT2D eigenvalue weighted by Gasteiger charge is 2.44. The quantitative estimate of drug-likeness (QED) is 0.743. The van der Waals surface area contributed by atoms with Crippen molar-refractivity contribution in [2.75, 3.05) is 26.2 Å². The summed E-state index contributed by atoms with van der Waals surface area (Å²) >= 11 is 12.6. The SMILES string of the molecule is CC1CN2CCN(Cc3cccc(Cl)c3Cl)CC2C[C@@]1(C)c1cccc(O)c1. The van der Waals surface area contributed by atoms with Crippen LogP contribution < -0.4 is 0 Å². The van der Waals surface area contributed by atoms with Gasteiger partial charge in [-0.1, -0.05) is 61.3 Å². The zero-order valence-electron chi connectivity index (χ0n) is 16.5. The fourth-order valence-corrected chi connectivity index (χ4v) is 5.33. The molecule has 4 rings (SSSR count). The molecule has 2 aromatic rings. The fraction of sp³-hybridized carbons (Fsp3) is 0.478. The van der Waals surface area contributed by atoms with Gasteiger partial charge in [-0.2, -0.15) is 0 Å². The van der Waals surface area contributed by atoms with Gasteiger partial charge in [0.15, 0.2) is 0 Å². The first-order valence-electron chi connectivity index (χ1n) is 10.1. The number of hydrogen-bond donors (Lipinski definition) is 1. The monoisotopic (exact) mass is 418 g/mol. The van der Waals surface area contributed by atoms with Crippen LogP contribution in [-0.4, -0.2) is 47.1 Å². The van der Waals surface area contributed by atoms with Crippen molar-refractivity contribution >= 4 is 23.2 Å². The molecular weight excluding hydrogens is 391 g/mol. The van der Waals surface area contributed by atoms with Gasteiger partial charge < -0.3 is 5.11 Å². The van der Waals surface area contributed by atoms with Crippen LogP contribution in [0, 0.1) is 5.92 Å². The van der Waals surface area contributed by atoms with E-state index < -0.39 is 0 Å². The Kier molecular flexibility index (Phi) is 5.63. The summed E-state index contributed by atoms with van der Waals surface area (Å²) in [5.41, 5.74) is 2.41. The zero-order valence-corrected chi connectivity index (χ0v) is 18.0. The second kappa shape index (κ2) is 7.87. The first-order valence-corrected chi connectivity index (χ1v) is 10.8. The summed E-state index contributed by atoms with van der Waals surface area (Å²) in [6.45, 7) is 9.81. The van der Waals surface area contributed by atoms with Gasteiger partial charge in [0.1, 0.15) is 5.75 Å². The van der Waals surface area contributed by atoms with E-state index in [1.165, 1.54) is 5.56 Å². The van der Waals surface area contributed by atoms with E-state index in [1.54, 1.807) is 6.07 Å². The maximum atomic E-state index is 9.99. The molecule has 28 heavy (non-hydrogen) atoms. The summed E-state index contributed by atoms with van der Waals surface area (Å²) in [7, 11) is 0. The van der Waals surface area contributed by atoms with E-state index in [0.29, 0.717) is 27.8 Å². The van der Waals surface area contributed by atoms with Gasteiger partial charge in [0.2, 0.25) is 0 Å². The fourth-order valence-electron chi connectivity index (χ4n) is 4.95. The minimum atomic E-state index is 0.0661. The average Bonchev–Trinajstić information content (AvgIpc) is 2.66. The van der Waals surface area contributed by atoms with Gasteiger partial charge in [0, 0.05) is 38.8 Å². The molecule has 150 valence electrons. The van der Waals surface area contributed by atoms with Crippen molar-refractivity contribution in [1.82, 2.24) is 9.80 Å². The lowest BCUT2D eigenvalue weighted by molar-refractivity contribution is -0.00556. The number of piperazine rings is 1. The molecule has 0 aliphatic carbocycles. The van der Waals surface area contributed by atoms with Crippen LogP contribution in [0.2, 0.25) is 10.0 Å². The molecule has 2 saturated heterocycles. The van der Waals surface area contributed by atoms with Crippen molar-refractivity contribution in [3.05, 3.63) is 63.6 Å². The van der Waals surface area contributed by atoms with Gasteiger partial charge in [-0.15, -0.1) is 0 Å². The van der Waals surface area contributed by atoms with Crippen LogP contribution >= 0.6 is 23.2 Å². The number of aromatic hydroxyl groups is 1. The molecular formula is C23H28Cl2N2O. The van der Waals surface area contributed by atoms with Crippen LogP contribution in [0.4, 0.5) is 0 Å². The summed E-state index contributed by atoms with van der Waals surface area (Å²) in [5.74, 6) is 0.897. The van der Waals surface area contributed by atoms with Crippen molar-refractivity contribution in [3.8, 4) is 5.75 Å². The summed E-state index contributed by atoms with van der Waals surface area (Å²) in [6.07, 6.45) is 1.09. The lowest BCUT2D eigenvalue weighted by Crippen LogP contribution is -2.60. The lowest BCUT2D eigenvalue weighted by Gasteiger charge is -2.53. The molecule has 2 aliphatic rings. The van der Waals surface area contributed by atoms with E-state index in [2.05, 4.69) is 35.8 Å². The summed E-state index contributed by atoms with van der Waals surface area (Å²) in [5, 5.41) is 11.3. The van der Waals surface area contributed by atoms with Crippen LogP contribution in [-0.2, 0) is 12.0 Å². The molecule has 3 nitrogen and oxygen atoms in total. The molecule has 2 heterocycles. The minimum absolute atomic E-state index is 0.0661. The van der Waals surface area contributed by atoms with Gasteiger partial charge in [0.25, 0.3) is 0 Å². The van der Waals surface area contributed by atoms with Gasteiger partial charge in [-0.25, -0.2) is 0 Å². The third-order valence-corrected chi connectivity index (χ3v) is 7.73. The molecule has 0 spiro atoms. The molecule has 2 fully saturated rings. The first kappa shape index (κ1) is 20.0. The zero-order chi connectivity index (χ0) is 19.9. The third-order valence-electron chi connectivity index (χ3n) is 6.88. The van der Waals surface area contributed by atoms with Crippen molar-refractivity contribution in [1.29, 1.82) is 0 Å². The average molecular weight is 419 g/mol. The van der Waals surface area contributed by atoms with E-state index in [-0.39, 0.29) is 5.41 Å². The van der Waals surface area contributed by atoms with Crippen LogP contribution in [0.15, 0.2) is 42.5 Å². The number of fused-ring (bicyclic) bond motifs is 1. The smallest absolute Gasteiger partial charge is 0.115 e. The predicted molar refractivity (Wildman–Crippen MR) is 116 cm³/mol. The summed E-state index contributed by atoms with van der Waals surface area (Å²) in [4.78, 5) is 5.14. The Labute approximate surface area is 177 Å². The number of hydrogen-bond acceptors (Lipinski definition) is 3. The van der Waals surface area contributed by atoms with E-state index >= 15 is 0 Å². The van der Waals surface area contributed by atoms with Crippen molar-refractivity contribution in [3.63, 3.8) is 0 Å². The number of nitrogens with zero attached hydrogens (tertiary/aromatic N) is 2. The lowest BCUT2D eigenvalue weighted by atomic mass is 9.65. The second-order valence-electron chi connectivity index (χ2n) is 8.67. The second-order valence-corrected chi connectivity index (χ2v) is 9.45. The van der Waals surface area contributed by atoms with E-state index in [9.17, 15) is 5.11 Å². The topological polar surface area (TPSA) is 26.7 Å². The third kappa shape index (κ3) is 3.78. The van der Waals surface area contributed by atoms with Crippen molar-refractivity contribution in [2.24, 2.45) is 5.92 Å². The Balaban J connectivity index is 1.51. The number of benzene rings is 2. The van der Waals surface area contributed by atoms with E-state index in [0.717, 1.165) is 44.7 Å². The predicted octanol–water partition coefficient (Wildman–Crippen LogP) is 5.18. The molecule has 0 saturated carbocycles. The Morgan fingerprint density at radius 2 is 1.89 bits per heavy atom. The van der Waals surface area contributed by atoms with Crippen LogP contribution in [0.1, 0.15) is 31.4 Å². The molecule has 3 atom stereocenters. The van der Waals surface area contributed by atoms with Crippen molar-refractivity contribution in [2.45, 2.75) is 38.3 Å². The van der Waals surface area contributed by atoms with Crippen molar-refractivity contribution < 1.29 is 5.11 Å². The molecule has 0 radical (unpaired) electrons. The normalized spacial score (nSPS) is 28.9. The maximum Gasteiger partial charge on any atom is 0.115 e. The molecule has 0 amide bonds. The Morgan fingerprint density at radius 3 is 2.68 bits per heavy atom. The Hall–Kier alpha value is -1.26. The van der Waals surface area contributed by atoms with Gasteiger partial charge in [-0.3, -0.25) is 9.80 Å². The Morgan fingerprint density at radius 1 is 1.11 bits per heavy atom. The van der Waals surface area contributed by atoms with Gasteiger partial charge in [0.05, 0.1) is 10.0 Å². The summed E-state index contributed by atoms with van der Waals surface area (Å²) < 4.78 is 0. The molecule has 2 unspecified atom stereocenters. The highest BCUT2D eigenvalue weighted by atomic mass is 35.5. The molecule has 2 aliphatic heterocycles. The van der Waals surface area contributed by atoms with E-state index in [4.69, 9.17) is 23.2 Å². The number of phenols is 1. The highest BCUT2D eigenvalue weighted by molar-refractivity contribution is 6.42. The summed E-state index contributed by atoms with van der Waals surface area (Å²) in [6, 6.07) is 14.2. The Bertz CT molecular complexity index is 858. The molecule has 5 heteroatoms. The molecule has 0 bridgehead atoms. The number of phenolic OH excluding ortho intramolecular Hbond substituents is 1. The molecule has 1 N–H and O–H groups in total. The first-order chi connectivity index (χ1) is 13.4. The number of halogens is 2. The standard InChI is InChI=1S/C23H28Cl2N2O/c1-16-13-27-10-9-26(14-17-5-3-8-21(24)22(17)25)15-19(27)12-23(16,2)18-6-4-7-20(28)11-18/h3-8,11,16,19,28H,9-10,12-15H2,1-2H3/t16?,19?,23-/m1/s1. The number of piperidine rings is 1. The minimum Gasteiger partial charge on any atom is -0.508 e. The van der Waals surface area contributed by atoms with Crippen LogP contribution in [0.5, 0.6) is 5.75 Å². The van der Waals surface area contributed by atoms with Gasteiger partial charge in [-0.05, 0) is 47.1 Å². The largest absolute Gasteiger partial charge is 0.508 e. The molecule has 2 aromatic carbocycles. The number of rotatable bonds is 3. The van der Waals surface area contributed by atoms with Crippen LogP contribution in [0.25, 0.3) is 0 Å².